The van der Waals surface area contributed by atoms with Crippen molar-refractivity contribution in [3.63, 3.8) is 0 Å². The molecule has 1 N–H and O–H groups in total. The molecule has 0 spiro atoms. The van der Waals surface area contributed by atoms with Crippen molar-refractivity contribution in [2.24, 2.45) is 0 Å². The number of hydrogen-bond acceptors (Lipinski definition) is 6. The first kappa shape index (κ1) is 22.1. The molecule has 0 bridgehead atoms. The number of aromatic hydroxyl groups is 1. The molecule has 0 saturated heterocycles. The van der Waals surface area contributed by atoms with E-state index in [2.05, 4.69) is 10.2 Å². The Morgan fingerprint density at radius 1 is 1.25 bits per heavy atom. The fourth-order valence-corrected chi connectivity index (χ4v) is 3.80. The van der Waals surface area contributed by atoms with Crippen LogP contribution in [0.3, 0.4) is 0 Å². The van der Waals surface area contributed by atoms with E-state index in [0.29, 0.717) is 11.1 Å². The predicted octanol–water partition coefficient (Wildman–Crippen LogP) is 4.76. The molecule has 7 nitrogen and oxygen atoms in total. The molecule has 3 aromatic rings. The summed E-state index contributed by atoms with van der Waals surface area (Å²) in [5, 5.41) is 17.3. The highest BCUT2D eigenvalue weighted by atomic mass is 35.5. The van der Waals surface area contributed by atoms with Gasteiger partial charge < -0.3 is 14.6 Å². The number of aromatic nitrogens is 3. The largest absolute Gasteiger partial charge is 0.508 e. The van der Waals surface area contributed by atoms with Crippen LogP contribution in [-0.4, -0.2) is 32.4 Å². The minimum absolute atomic E-state index is 0.0590. The molecule has 2 aromatic carbocycles. The summed E-state index contributed by atoms with van der Waals surface area (Å²) in [7, 11) is 0. The highest BCUT2D eigenvalue weighted by molar-refractivity contribution is 6.30. The highest BCUT2D eigenvalue weighted by Crippen LogP contribution is 2.44. The molecule has 0 radical (unpaired) electrons. The van der Waals surface area contributed by atoms with Gasteiger partial charge in [-0.3, -0.25) is 9.36 Å². The van der Waals surface area contributed by atoms with Crippen LogP contribution in [0, 0.1) is 0 Å². The van der Waals surface area contributed by atoms with Gasteiger partial charge in [-0.2, -0.15) is 13.2 Å². The van der Waals surface area contributed by atoms with Gasteiger partial charge in [-0.05, 0) is 42.8 Å². The van der Waals surface area contributed by atoms with E-state index in [1.54, 1.807) is 19.1 Å². The molecule has 2 atom stereocenters. The van der Waals surface area contributed by atoms with Gasteiger partial charge in [0.05, 0.1) is 18.7 Å². The zero-order valence-corrected chi connectivity index (χ0v) is 17.4. The minimum Gasteiger partial charge on any atom is -0.508 e. The van der Waals surface area contributed by atoms with Gasteiger partial charge in [0.25, 0.3) is 0 Å². The average molecular weight is 468 g/mol. The second kappa shape index (κ2) is 8.44. The Bertz CT molecular complexity index is 1170. The standard InChI is InChI=1S/C21H17ClF3N3O4/c1-2-31-17(30)10-16-19-26-27-20(21(23,24)25)28(19)15-7-6-12(22)9-14(15)18(32-16)11-4-3-5-13(29)8-11/h3-9,16,18,29H,2,10H2,1H3/t16-,18-/m1/s1. The first-order valence-electron chi connectivity index (χ1n) is 9.61. The number of fused-ring (bicyclic) bond motifs is 3. The van der Waals surface area contributed by atoms with Gasteiger partial charge in [0, 0.05) is 10.6 Å². The molecular formula is C21H17ClF3N3O4. The molecule has 11 heteroatoms. The Morgan fingerprint density at radius 2 is 2.03 bits per heavy atom. The SMILES string of the molecule is CCOC(=O)C[C@H]1O[C@H](c2cccc(O)c2)c2cc(Cl)ccc2-n2c1nnc2C(F)(F)F. The Morgan fingerprint density at radius 3 is 2.72 bits per heavy atom. The molecule has 32 heavy (non-hydrogen) atoms. The molecule has 0 aliphatic carbocycles. The van der Waals surface area contributed by atoms with E-state index < -0.39 is 30.2 Å². The number of rotatable bonds is 4. The van der Waals surface area contributed by atoms with E-state index in [1.807, 2.05) is 0 Å². The van der Waals surface area contributed by atoms with Gasteiger partial charge in [-0.25, -0.2) is 0 Å². The molecule has 1 aromatic heterocycles. The number of hydrogen-bond donors (Lipinski definition) is 1. The van der Waals surface area contributed by atoms with E-state index in [-0.39, 0.29) is 35.3 Å². The maximum Gasteiger partial charge on any atom is 0.452 e. The van der Waals surface area contributed by atoms with Gasteiger partial charge in [0.2, 0.25) is 5.82 Å². The van der Waals surface area contributed by atoms with Crippen LogP contribution in [0.25, 0.3) is 5.69 Å². The van der Waals surface area contributed by atoms with Crippen LogP contribution < -0.4 is 0 Å². The van der Waals surface area contributed by atoms with Crippen molar-refractivity contribution in [3.8, 4) is 11.4 Å². The zero-order chi connectivity index (χ0) is 23.0. The lowest BCUT2D eigenvalue weighted by Gasteiger charge is -2.22. The van der Waals surface area contributed by atoms with Crippen molar-refractivity contribution < 1.29 is 32.5 Å². The van der Waals surface area contributed by atoms with E-state index in [0.717, 1.165) is 4.57 Å². The molecule has 4 rings (SSSR count). The smallest absolute Gasteiger partial charge is 0.452 e. The normalized spacial score (nSPS) is 17.9. The number of phenols is 1. The molecule has 0 saturated carbocycles. The number of alkyl halides is 3. The molecule has 1 aliphatic heterocycles. The zero-order valence-electron chi connectivity index (χ0n) is 16.6. The number of benzene rings is 2. The predicted molar refractivity (Wildman–Crippen MR) is 106 cm³/mol. The monoisotopic (exact) mass is 467 g/mol. The average Bonchev–Trinajstić information content (AvgIpc) is 3.12. The molecular weight excluding hydrogens is 451 g/mol. The van der Waals surface area contributed by atoms with Crippen molar-refractivity contribution in [2.45, 2.75) is 31.7 Å². The fraction of sp³-hybridized carbons (Fsp3) is 0.286. The number of halogens is 4. The Kier molecular flexibility index (Phi) is 5.83. The molecule has 0 amide bonds. The lowest BCUT2D eigenvalue weighted by atomic mass is 9.99. The number of phenolic OH excluding ortho intramolecular Hbond substituents is 1. The number of nitrogens with zero attached hydrogens (tertiary/aromatic N) is 3. The van der Waals surface area contributed by atoms with Gasteiger partial charge in [0.1, 0.15) is 18.0 Å². The number of carbonyl (C=O) groups excluding carboxylic acids is 1. The first-order chi connectivity index (χ1) is 15.2. The van der Waals surface area contributed by atoms with Crippen molar-refractivity contribution in [1.29, 1.82) is 0 Å². The summed E-state index contributed by atoms with van der Waals surface area (Å²) in [6.07, 6.45) is -7.38. The third kappa shape index (κ3) is 4.15. The summed E-state index contributed by atoms with van der Waals surface area (Å²) < 4.78 is 53.3. The number of esters is 1. The maximum absolute atomic E-state index is 13.8. The lowest BCUT2D eigenvalue weighted by Crippen LogP contribution is -2.18. The van der Waals surface area contributed by atoms with E-state index in [9.17, 15) is 23.1 Å². The van der Waals surface area contributed by atoms with Crippen molar-refractivity contribution in [2.75, 3.05) is 6.61 Å². The van der Waals surface area contributed by atoms with Gasteiger partial charge in [-0.15, -0.1) is 10.2 Å². The number of ether oxygens (including phenoxy) is 2. The third-order valence-corrected chi connectivity index (χ3v) is 5.11. The summed E-state index contributed by atoms with van der Waals surface area (Å²) in [5.74, 6) is -2.18. The van der Waals surface area contributed by atoms with Crippen LogP contribution >= 0.6 is 11.6 Å². The van der Waals surface area contributed by atoms with Gasteiger partial charge >= 0.3 is 12.1 Å². The quantitative estimate of drug-likeness (QED) is 0.557. The summed E-state index contributed by atoms with van der Waals surface area (Å²) in [6.45, 7) is 1.71. The second-order valence-electron chi connectivity index (χ2n) is 7.03. The highest BCUT2D eigenvalue weighted by Gasteiger charge is 2.43. The summed E-state index contributed by atoms with van der Waals surface area (Å²) in [5.41, 5.74) is 0.845. The third-order valence-electron chi connectivity index (χ3n) is 4.87. The van der Waals surface area contributed by atoms with Crippen LogP contribution in [0.5, 0.6) is 5.75 Å². The topological polar surface area (TPSA) is 86.5 Å². The van der Waals surface area contributed by atoms with E-state index in [1.165, 1.54) is 30.3 Å². The summed E-state index contributed by atoms with van der Waals surface area (Å²) >= 11 is 6.16. The second-order valence-corrected chi connectivity index (χ2v) is 7.46. The van der Waals surface area contributed by atoms with E-state index >= 15 is 0 Å². The van der Waals surface area contributed by atoms with Crippen molar-refractivity contribution in [3.05, 3.63) is 70.3 Å². The molecule has 168 valence electrons. The van der Waals surface area contributed by atoms with Gasteiger partial charge in [-0.1, -0.05) is 23.7 Å². The molecule has 2 heterocycles. The van der Waals surface area contributed by atoms with Crippen molar-refractivity contribution in [1.82, 2.24) is 14.8 Å². The fourth-order valence-electron chi connectivity index (χ4n) is 3.62. The Hall–Kier alpha value is -3.11. The van der Waals surface area contributed by atoms with Crippen molar-refractivity contribution >= 4 is 17.6 Å². The number of carbonyl (C=O) groups is 1. The van der Waals surface area contributed by atoms with Crippen LogP contribution in [-0.2, 0) is 20.4 Å². The lowest BCUT2D eigenvalue weighted by molar-refractivity contribution is -0.147. The summed E-state index contributed by atoms with van der Waals surface area (Å²) in [6, 6.07) is 10.4. The molecule has 0 fully saturated rings. The van der Waals surface area contributed by atoms with Crippen LogP contribution in [0.2, 0.25) is 5.02 Å². The Labute approximate surface area is 185 Å². The van der Waals surface area contributed by atoms with E-state index in [4.69, 9.17) is 21.1 Å². The molecule has 1 aliphatic rings. The van der Waals surface area contributed by atoms with Gasteiger partial charge in [0.15, 0.2) is 5.82 Å². The molecule has 0 unspecified atom stereocenters. The maximum atomic E-state index is 13.8. The van der Waals surface area contributed by atoms with Crippen LogP contribution in [0.4, 0.5) is 13.2 Å². The van der Waals surface area contributed by atoms with Crippen LogP contribution in [0.1, 0.15) is 48.3 Å². The first-order valence-corrected chi connectivity index (χ1v) is 9.99. The minimum atomic E-state index is -4.82. The Balaban J connectivity index is 1.96. The summed E-state index contributed by atoms with van der Waals surface area (Å²) in [4.78, 5) is 12.2. The van der Waals surface area contributed by atoms with Crippen LogP contribution in [0.15, 0.2) is 42.5 Å².